The van der Waals surface area contributed by atoms with Gasteiger partial charge in [0.05, 0.1) is 12.0 Å². The van der Waals surface area contributed by atoms with Gasteiger partial charge in [-0.15, -0.1) is 11.3 Å². The lowest BCUT2D eigenvalue weighted by atomic mass is 9.88. The molecule has 0 saturated carbocycles. The van der Waals surface area contributed by atoms with Crippen LogP contribution in [-0.2, 0) is 12.8 Å². The second-order valence-corrected chi connectivity index (χ2v) is 8.60. The zero-order valence-corrected chi connectivity index (χ0v) is 15.8. The average molecular weight is 343 g/mol. The first-order valence-electron chi connectivity index (χ1n) is 8.40. The van der Waals surface area contributed by atoms with E-state index in [4.69, 9.17) is 4.74 Å². The highest BCUT2D eigenvalue weighted by Gasteiger charge is 2.25. The highest BCUT2D eigenvalue weighted by atomic mass is 32.1. The fourth-order valence-corrected chi connectivity index (χ4v) is 3.98. The number of nitrogens with one attached hydrogen (secondary N) is 1. The van der Waals surface area contributed by atoms with Crippen molar-refractivity contribution in [2.75, 3.05) is 7.11 Å². The van der Waals surface area contributed by atoms with Crippen molar-refractivity contribution >= 4 is 17.2 Å². The van der Waals surface area contributed by atoms with Gasteiger partial charge in [0.2, 0.25) is 0 Å². The van der Waals surface area contributed by atoms with E-state index in [-0.39, 0.29) is 17.4 Å². The lowest BCUT2D eigenvalue weighted by Crippen LogP contribution is -2.41. The summed E-state index contributed by atoms with van der Waals surface area (Å²) in [6.07, 6.45) is 2.01. The summed E-state index contributed by atoms with van der Waals surface area (Å²) in [7, 11) is 1.69. The van der Waals surface area contributed by atoms with Crippen molar-refractivity contribution in [2.45, 2.75) is 46.6 Å². The van der Waals surface area contributed by atoms with Crippen molar-refractivity contribution < 1.29 is 9.53 Å². The third-order valence-corrected chi connectivity index (χ3v) is 6.11. The minimum Gasteiger partial charge on any atom is -0.497 e. The summed E-state index contributed by atoms with van der Waals surface area (Å²) in [4.78, 5) is 14.6. The molecular weight excluding hydrogens is 318 g/mol. The number of aryl methyl sites for hydroxylation is 2. The molecule has 1 heterocycles. The molecule has 0 fully saturated rings. The van der Waals surface area contributed by atoms with Crippen molar-refractivity contribution in [2.24, 2.45) is 5.41 Å². The first-order chi connectivity index (χ1) is 11.3. The Hall–Kier alpha value is -1.81. The summed E-state index contributed by atoms with van der Waals surface area (Å²) in [5.74, 6) is 0.892. The smallest absolute Gasteiger partial charge is 0.261 e. The Kier molecular flexibility index (Phi) is 4.43. The van der Waals surface area contributed by atoms with Crippen molar-refractivity contribution in [1.82, 2.24) is 5.32 Å². The molecule has 1 atom stereocenters. The van der Waals surface area contributed by atoms with Crippen LogP contribution in [0.2, 0.25) is 0 Å². The van der Waals surface area contributed by atoms with E-state index in [1.165, 1.54) is 21.6 Å². The third kappa shape index (κ3) is 3.20. The summed E-state index contributed by atoms with van der Waals surface area (Å²) < 4.78 is 5.36. The second kappa shape index (κ2) is 6.25. The maximum absolute atomic E-state index is 12.6. The Morgan fingerprint density at radius 1 is 1.21 bits per heavy atom. The number of ether oxygens (including phenoxy) is 1. The molecule has 0 aliphatic heterocycles. The summed E-state index contributed by atoms with van der Waals surface area (Å²) in [6.45, 7) is 8.48. The highest BCUT2D eigenvalue weighted by molar-refractivity contribution is 7.17. The van der Waals surface area contributed by atoms with Gasteiger partial charge in [0.25, 0.3) is 5.91 Å². The van der Waals surface area contributed by atoms with Crippen LogP contribution in [-0.4, -0.2) is 19.1 Å². The van der Waals surface area contributed by atoms with Crippen molar-refractivity contribution in [3.8, 4) is 16.2 Å². The molecule has 1 aromatic carbocycles. The van der Waals surface area contributed by atoms with Crippen LogP contribution in [0.4, 0.5) is 0 Å². The Balaban J connectivity index is 1.90. The predicted molar refractivity (Wildman–Crippen MR) is 100 cm³/mol. The number of carbonyl (C=O) groups excluding carboxylic acids is 1. The van der Waals surface area contributed by atoms with Crippen molar-refractivity contribution in [3.05, 3.63) is 40.3 Å². The van der Waals surface area contributed by atoms with E-state index in [1.54, 1.807) is 18.4 Å². The van der Waals surface area contributed by atoms with Crippen LogP contribution in [0.3, 0.4) is 0 Å². The molecule has 2 aromatic rings. The molecule has 1 aromatic heterocycles. The molecule has 1 aliphatic carbocycles. The van der Waals surface area contributed by atoms with E-state index >= 15 is 0 Å². The van der Waals surface area contributed by atoms with Gasteiger partial charge < -0.3 is 10.1 Å². The number of benzene rings is 1. The summed E-state index contributed by atoms with van der Waals surface area (Å²) in [6, 6.07) is 8.42. The second-order valence-electron chi connectivity index (χ2n) is 7.55. The van der Waals surface area contributed by atoms with Gasteiger partial charge in [-0.1, -0.05) is 26.8 Å². The molecule has 3 rings (SSSR count). The summed E-state index contributed by atoms with van der Waals surface area (Å²) in [5, 5.41) is 3.14. The van der Waals surface area contributed by atoms with Gasteiger partial charge in [0.1, 0.15) is 5.75 Å². The Bertz CT molecular complexity index is 770. The first-order valence-corrected chi connectivity index (χ1v) is 9.22. The van der Waals surface area contributed by atoms with Crippen LogP contribution in [0, 0.1) is 5.41 Å². The monoisotopic (exact) mass is 343 g/mol. The summed E-state index contributed by atoms with van der Waals surface area (Å²) >= 11 is 1.59. The molecule has 128 valence electrons. The van der Waals surface area contributed by atoms with Crippen molar-refractivity contribution in [3.63, 3.8) is 0 Å². The molecular formula is C20H25NO2S. The maximum atomic E-state index is 12.6. The fraction of sp³-hybridized carbons (Fsp3) is 0.450. The van der Waals surface area contributed by atoms with Crippen molar-refractivity contribution in [1.29, 1.82) is 0 Å². The number of hydrogen-bond donors (Lipinski definition) is 1. The Labute approximate surface area is 148 Å². The number of methoxy groups -OCH3 is 1. The van der Waals surface area contributed by atoms with Crippen LogP contribution in [0.15, 0.2) is 24.3 Å². The standard InChI is InChI=1S/C20H25NO2S/c1-12(20(2,3)4)21-19(22)17-10-14-7-6-13-8-9-15(23-5)11-16(13)18(14)24-17/h8-12H,6-7H2,1-5H3,(H,21,22)/t12-/m1/s1. The molecule has 3 nitrogen and oxygen atoms in total. The number of rotatable bonds is 3. The minimum atomic E-state index is 0.0290. The largest absolute Gasteiger partial charge is 0.497 e. The number of thiophene rings is 1. The molecule has 4 heteroatoms. The van der Waals surface area contributed by atoms with Crippen LogP contribution >= 0.6 is 11.3 Å². The zero-order chi connectivity index (χ0) is 17.5. The highest BCUT2D eigenvalue weighted by Crippen LogP contribution is 2.41. The molecule has 0 saturated heterocycles. The molecule has 0 spiro atoms. The Morgan fingerprint density at radius 2 is 1.92 bits per heavy atom. The predicted octanol–water partition coefficient (Wildman–Crippen LogP) is 4.69. The van der Waals surface area contributed by atoms with Gasteiger partial charge in [-0.3, -0.25) is 4.79 Å². The minimum absolute atomic E-state index is 0.0290. The van der Waals surface area contributed by atoms with E-state index < -0.39 is 0 Å². The van der Waals surface area contributed by atoms with Gasteiger partial charge in [-0.05, 0) is 60.1 Å². The lowest BCUT2D eigenvalue weighted by Gasteiger charge is -2.27. The number of hydrogen-bond acceptors (Lipinski definition) is 3. The number of amides is 1. The molecule has 0 bridgehead atoms. The molecule has 0 unspecified atom stereocenters. The van der Waals surface area contributed by atoms with Crippen LogP contribution < -0.4 is 10.1 Å². The first kappa shape index (κ1) is 17.0. The SMILES string of the molecule is COc1ccc2c(c1)-c1sc(C(=O)N[C@H](C)C(C)(C)C)cc1CC2. The molecule has 1 aliphatic rings. The van der Waals surface area contributed by atoms with Crippen LogP contribution in [0.25, 0.3) is 10.4 Å². The topological polar surface area (TPSA) is 38.3 Å². The Morgan fingerprint density at radius 3 is 2.58 bits per heavy atom. The van der Waals surface area contributed by atoms with E-state index in [0.29, 0.717) is 0 Å². The van der Waals surface area contributed by atoms with E-state index in [2.05, 4.69) is 51.2 Å². The molecule has 0 radical (unpaired) electrons. The number of carbonyl (C=O) groups is 1. The van der Waals surface area contributed by atoms with Crippen LogP contribution in [0.1, 0.15) is 48.5 Å². The van der Waals surface area contributed by atoms with Gasteiger partial charge in [0.15, 0.2) is 0 Å². The molecule has 1 amide bonds. The third-order valence-electron chi connectivity index (χ3n) is 4.90. The molecule has 24 heavy (non-hydrogen) atoms. The van der Waals surface area contributed by atoms with Gasteiger partial charge in [-0.25, -0.2) is 0 Å². The number of fused-ring (bicyclic) bond motifs is 3. The maximum Gasteiger partial charge on any atom is 0.261 e. The molecule has 1 N–H and O–H groups in total. The normalized spacial score (nSPS) is 14.5. The van der Waals surface area contributed by atoms with Gasteiger partial charge >= 0.3 is 0 Å². The van der Waals surface area contributed by atoms with E-state index in [1.807, 2.05) is 6.07 Å². The average Bonchev–Trinajstić information content (AvgIpc) is 2.98. The van der Waals surface area contributed by atoms with E-state index in [0.717, 1.165) is 23.5 Å². The quantitative estimate of drug-likeness (QED) is 0.878. The van der Waals surface area contributed by atoms with Crippen LogP contribution in [0.5, 0.6) is 5.75 Å². The van der Waals surface area contributed by atoms with E-state index in [9.17, 15) is 4.79 Å². The van der Waals surface area contributed by atoms with Gasteiger partial charge in [-0.2, -0.15) is 0 Å². The fourth-order valence-electron chi connectivity index (χ4n) is 2.82. The lowest BCUT2D eigenvalue weighted by molar-refractivity contribution is 0.0914. The van der Waals surface area contributed by atoms with Gasteiger partial charge in [0, 0.05) is 10.9 Å². The zero-order valence-electron chi connectivity index (χ0n) is 15.0. The summed E-state index contributed by atoms with van der Waals surface area (Å²) in [5.41, 5.74) is 3.87.